The van der Waals surface area contributed by atoms with Crippen molar-refractivity contribution in [2.24, 2.45) is 0 Å². The van der Waals surface area contributed by atoms with Gasteiger partial charge >= 0.3 is 0 Å². The molecule has 150 valence electrons. The van der Waals surface area contributed by atoms with E-state index >= 15 is 0 Å². The van der Waals surface area contributed by atoms with E-state index in [1.165, 1.54) is 5.57 Å². The van der Waals surface area contributed by atoms with E-state index in [-0.39, 0.29) is 0 Å². The van der Waals surface area contributed by atoms with Gasteiger partial charge in [-0.3, -0.25) is 0 Å². The highest BCUT2D eigenvalue weighted by molar-refractivity contribution is 6.70. The molecule has 1 aromatic rings. The molecule has 1 aliphatic carbocycles. The number of unbranched alkanes of at least 4 members (excludes halogenated alkanes) is 1. The van der Waals surface area contributed by atoms with Crippen LogP contribution in [0.5, 0.6) is 5.75 Å². The summed E-state index contributed by atoms with van der Waals surface area (Å²) < 4.78 is 24.2. The minimum Gasteiger partial charge on any atom is -0.544 e. The first-order valence-electron chi connectivity index (χ1n) is 9.67. The molecule has 2 rings (SSSR count). The van der Waals surface area contributed by atoms with Crippen molar-refractivity contribution in [1.29, 1.82) is 0 Å². The minimum atomic E-state index is -1.81. The summed E-state index contributed by atoms with van der Waals surface area (Å²) in [7, 11) is 3.26. The molecule has 4 nitrogen and oxygen atoms in total. The first kappa shape index (κ1) is 21.7. The molecule has 0 saturated carbocycles. The normalized spacial score (nSPS) is 20.4. The van der Waals surface area contributed by atoms with Gasteiger partial charge in [0.2, 0.25) is 14.1 Å². The van der Waals surface area contributed by atoms with Crippen LogP contribution in [-0.4, -0.2) is 29.6 Å². The van der Waals surface area contributed by atoms with E-state index in [4.69, 9.17) is 18.6 Å². The summed E-state index contributed by atoms with van der Waals surface area (Å²) >= 11 is 0. The van der Waals surface area contributed by atoms with Gasteiger partial charge in [-0.25, -0.2) is 0 Å². The number of benzene rings is 1. The lowest BCUT2D eigenvalue weighted by molar-refractivity contribution is -0.216. The summed E-state index contributed by atoms with van der Waals surface area (Å²) in [5, 5.41) is 0. The van der Waals surface area contributed by atoms with E-state index in [0.717, 1.165) is 41.9 Å². The molecule has 0 N–H and O–H groups in total. The Morgan fingerprint density at radius 2 is 1.74 bits per heavy atom. The number of allylic oxidation sites excluding steroid dienone is 2. The SMILES string of the molecule is CCCC/C1=C/C=C(/O[Si](C)(C)C)c2cccc(OC)c2C(OC)(OC)C1. The fourth-order valence-corrected chi connectivity index (χ4v) is 4.29. The van der Waals surface area contributed by atoms with Crippen molar-refractivity contribution in [3.05, 3.63) is 47.1 Å². The Bertz CT molecular complexity index is 697. The van der Waals surface area contributed by atoms with Crippen LogP contribution in [0.25, 0.3) is 5.76 Å². The Labute approximate surface area is 165 Å². The molecule has 1 aromatic carbocycles. The van der Waals surface area contributed by atoms with Gasteiger partial charge < -0.3 is 18.6 Å². The number of hydrogen-bond acceptors (Lipinski definition) is 4. The zero-order valence-electron chi connectivity index (χ0n) is 17.8. The second-order valence-electron chi connectivity index (χ2n) is 7.89. The number of rotatable bonds is 8. The molecule has 5 heteroatoms. The number of ether oxygens (including phenoxy) is 3. The molecule has 0 unspecified atom stereocenters. The van der Waals surface area contributed by atoms with Crippen LogP contribution in [-0.2, 0) is 19.7 Å². The molecule has 0 aliphatic heterocycles. The van der Waals surface area contributed by atoms with Gasteiger partial charge in [0.05, 0.1) is 12.7 Å². The van der Waals surface area contributed by atoms with Crippen molar-refractivity contribution in [1.82, 2.24) is 0 Å². The molecular weight excluding hydrogens is 356 g/mol. The maximum atomic E-state index is 6.46. The van der Waals surface area contributed by atoms with Crippen molar-refractivity contribution in [3.8, 4) is 5.75 Å². The summed E-state index contributed by atoms with van der Waals surface area (Å²) in [6.07, 6.45) is 8.23. The second kappa shape index (κ2) is 9.09. The molecule has 0 aromatic heterocycles. The highest BCUT2D eigenvalue weighted by atomic mass is 28.4. The first-order chi connectivity index (χ1) is 12.8. The maximum Gasteiger partial charge on any atom is 0.242 e. The predicted molar refractivity (Wildman–Crippen MR) is 113 cm³/mol. The summed E-state index contributed by atoms with van der Waals surface area (Å²) in [5.74, 6) is 0.692. The van der Waals surface area contributed by atoms with Gasteiger partial charge in [-0.1, -0.05) is 37.1 Å². The Kier molecular flexibility index (Phi) is 7.31. The third-order valence-corrected chi connectivity index (χ3v) is 5.58. The average molecular weight is 391 g/mol. The molecule has 0 radical (unpaired) electrons. The van der Waals surface area contributed by atoms with E-state index < -0.39 is 14.1 Å². The minimum absolute atomic E-state index is 0.657. The first-order valence-corrected chi connectivity index (χ1v) is 13.1. The van der Waals surface area contributed by atoms with Crippen LogP contribution in [0.15, 0.2) is 35.9 Å². The third-order valence-electron chi connectivity index (χ3n) is 4.75. The van der Waals surface area contributed by atoms with Gasteiger partial charge in [-0.2, -0.15) is 0 Å². The standard InChI is InChI=1S/C22H34O4Si/c1-8-9-11-17-14-15-19(26-27(5,6)7)18-12-10-13-20(23-2)21(18)22(16-17,24-3)25-4/h10,12-15H,8-9,11,16H2,1-7H3/b17-14-,19-15+. The van der Waals surface area contributed by atoms with Crippen LogP contribution < -0.4 is 4.74 Å². The summed E-state index contributed by atoms with van der Waals surface area (Å²) in [5.41, 5.74) is 3.14. The fourth-order valence-electron chi connectivity index (χ4n) is 3.46. The Hall–Kier alpha value is -1.56. The molecule has 27 heavy (non-hydrogen) atoms. The molecule has 0 spiro atoms. The topological polar surface area (TPSA) is 36.9 Å². The molecule has 0 saturated heterocycles. The number of methoxy groups -OCH3 is 3. The predicted octanol–water partition coefficient (Wildman–Crippen LogP) is 5.85. The lowest BCUT2D eigenvalue weighted by Gasteiger charge is -2.37. The molecule has 0 fully saturated rings. The van der Waals surface area contributed by atoms with Gasteiger partial charge in [0.25, 0.3) is 0 Å². The third kappa shape index (κ3) is 5.03. The molecular formula is C22H34O4Si. The van der Waals surface area contributed by atoms with Crippen molar-refractivity contribution in [2.45, 2.75) is 58.0 Å². The van der Waals surface area contributed by atoms with Gasteiger partial charge in [0, 0.05) is 26.2 Å². The highest BCUT2D eigenvalue weighted by Crippen LogP contribution is 2.45. The van der Waals surface area contributed by atoms with Crippen LogP contribution in [0.3, 0.4) is 0 Å². The summed E-state index contributed by atoms with van der Waals surface area (Å²) in [6.45, 7) is 8.77. The van der Waals surface area contributed by atoms with Crippen LogP contribution in [0.2, 0.25) is 19.6 Å². The number of fused-ring (bicyclic) bond motifs is 1. The van der Waals surface area contributed by atoms with Crippen molar-refractivity contribution in [3.63, 3.8) is 0 Å². The smallest absolute Gasteiger partial charge is 0.242 e. The fraction of sp³-hybridized carbons (Fsp3) is 0.545. The second-order valence-corrected chi connectivity index (χ2v) is 12.3. The average Bonchev–Trinajstić information content (AvgIpc) is 2.64. The highest BCUT2D eigenvalue weighted by Gasteiger charge is 2.40. The zero-order chi connectivity index (χ0) is 20.1. The van der Waals surface area contributed by atoms with Gasteiger partial charge in [0.15, 0.2) is 0 Å². The van der Waals surface area contributed by atoms with E-state index in [2.05, 4.69) is 44.8 Å². The van der Waals surface area contributed by atoms with Crippen LogP contribution in [0.1, 0.15) is 43.7 Å². The number of hydrogen-bond donors (Lipinski definition) is 0. The van der Waals surface area contributed by atoms with Crippen molar-refractivity contribution in [2.75, 3.05) is 21.3 Å². The lowest BCUT2D eigenvalue weighted by atomic mass is 9.87. The van der Waals surface area contributed by atoms with E-state index in [9.17, 15) is 0 Å². The Balaban J connectivity index is 2.73. The van der Waals surface area contributed by atoms with Crippen molar-refractivity contribution >= 4 is 14.1 Å². The molecule has 0 atom stereocenters. The van der Waals surface area contributed by atoms with E-state index in [0.29, 0.717) is 6.42 Å². The largest absolute Gasteiger partial charge is 0.544 e. The molecule has 0 heterocycles. The van der Waals surface area contributed by atoms with E-state index in [1.54, 1.807) is 21.3 Å². The van der Waals surface area contributed by atoms with Crippen molar-refractivity contribution < 1.29 is 18.6 Å². The zero-order valence-corrected chi connectivity index (χ0v) is 18.8. The molecule has 0 bridgehead atoms. The van der Waals surface area contributed by atoms with Gasteiger partial charge in [-0.15, -0.1) is 0 Å². The van der Waals surface area contributed by atoms with Crippen LogP contribution in [0.4, 0.5) is 0 Å². The molecule has 1 aliphatic rings. The quantitative estimate of drug-likeness (QED) is 0.412. The van der Waals surface area contributed by atoms with Crippen LogP contribution >= 0.6 is 0 Å². The Morgan fingerprint density at radius 1 is 1.04 bits per heavy atom. The summed E-state index contributed by atoms with van der Waals surface area (Å²) in [4.78, 5) is 0. The van der Waals surface area contributed by atoms with Gasteiger partial charge in [-0.05, 0) is 44.6 Å². The van der Waals surface area contributed by atoms with Crippen LogP contribution in [0, 0.1) is 0 Å². The maximum absolute atomic E-state index is 6.46. The lowest BCUT2D eigenvalue weighted by Crippen LogP contribution is -2.34. The van der Waals surface area contributed by atoms with E-state index in [1.807, 2.05) is 12.1 Å². The Morgan fingerprint density at radius 3 is 2.30 bits per heavy atom. The monoisotopic (exact) mass is 390 g/mol. The summed E-state index contributed by atoms with van der Waals surface area (Å²) in [6, 6.07) is 5.99. The molecule has 0 amide bonds. The van der Waals surface area contributed by atoms with Gasteiger partial charge in [0.1, 0.15) is 11.5 Å².